The first-order valence-corrected chi connectivity index (χ1v) is 7.44. The van der Waals surface area contributed by atoms with Crippen molar-refractivity contribution in [3.8, 4) is 0 Å². The van der Waals surface area contributed by atoms with Gasteiger partial charge in [-0.25, -0.2) is 0 Å². The number of rotatable bonds is 6. The summed E-state index contributed by atoms with van der Waals surface area (Å²) in [5.74, 6) is 0. The van der Waals surface area contributed by atoms with Gasteiger partial charge in [0.1, 0.15) is 0 Å². The molecule has 1 rings (SSSR count). The molecule has 1 aromatic rings. The Morgan fingerprint density at radius 1 is 1.20 bits per heavy atom. The van der Waals surface area contributed by atoms with E-state index in [1.807, 2.05) is 6.08 Å². The zero-order valence-corrected chi connectivity index (χ0v) is 11.3. The van der Waals surface area contributed by atoms with E-state index in [-0.39, 0.29) is 9.52 Å². The molecular weight excluding hydrogens is 198 g/mol. The third-order valence-corrected chi connectivity index (χ3v) is 4.73. The minimum atomic E-state index is -0.113. The van der Waals surface area contributed by atoms with Crippen LogP contribution in [0.15, 0.2) is 30.8 Å². The average molecular weight is 219 g/mol. The van der Waals surface area contributed by atoms with Crippen LogP contribution >= 0.6 is 0 Å². The Morgan fingerprint density at radius 2 is 1.80 bits per heavy atom. The highest BCUT2D eigenvalue weighted by atomic mass is 28.2. The van der Waals surface area contributed by atoms with Crippen LogP contribution in [0, 0.1) is 0 Å². The highest BCUT2D eigenvalue weighted by Gasteiger charge is 2.00. The third-order valence-electron chi connectivity index (χ3n) is 2.83. The van der Waals surface area contributed by atoms with Gasteiger partial charge in [-0.2, -0.15) is 0 Å². The molecule has 0 aromatic heterocycles. The summed E-state index contributed by atoms with van der Waals surface area (Å²) in [6, 6.07) is 8.84. The fourth-order valence-electron chi connectivity index (χ4n) is 1.65. The summed E-state index contributed by atoms with van der Waals surface area (Å²) in [7, 11) is -0.113. The van der Waals surface area contributed by atoms with Gasteiger partial charge < -0.3 is 4.90 Å². The topological polar surface area (TPSA) is 3.24 Å². The maximum Gasteiger partial charge on any atom is 0.0704 e. The lowest BCUT2D eigenvalue weighted by Crippen LogP contribution is -2.32. The van der Waals surface area contributed by atoms with Gasteiger partial charge in [0.15, 0.2) is 0 Å². The van der Waals surface area contributed by atoms with Crippen LogP contribution in [-0.4, -0.2) is 33.7 Å². The minimum absolute atomic E-state index is 0.113. The standard InChI is InChI=1S/C13H21NSi/c1-4-12-7-9-13(10-8-12)15-11-14(5-2)6-3/h4,7-10H,1,5-6,11,15H2,2-3H3. The first-order chi connectivity index (χ1) is 7.30. The Morgan fingerprint density at radius 3 is 2.27 bits per heavy atom. The molecule has 0 unspecified atom stereocenters. The van der Waals surface area contributed by atoms with Gasteiger partial charge in [0.2, 0.25) is 0 Å². The van der Waals surface area contributed by atoms with Crippen molar-refractivity contribution in [2.45, 2.75) is 13.8 Å². The normalized spacial score (nSPS) is 11.4. The molecule has 0 N–H and O–H groups in total. The van der Waals surface area contributed by atoms with Crippen LogP contribution in [0.1, 0.15) is 19.4 Å². The third kappa shape index (κ3) is 4.02. The molecule has 0 bridgehead atoms. The second-order valence-electron chi connectivity index (χ2n) is 3.72. The van der Waals surface area contributed by atoms with E-state index in [0.29, 0.717) is 0 Å². The van der Waals surface area contributed by atoms with Crippen LogP contribution in [0.3, 0.4) is 0 Å². The lowest BCUT2D eigenvalue weighted by atomic mass is 10.2. The van der Waals surface area contributed by atoms with Gasteiger partial charge >= 0.3 is 0 Å². The van der Waals surface area contributed by atoms with Gasteiger partial charge in [0.05, 0.1) is 9.52 Å². The van der Waals surface area contributed by atoms with Crippen LogP contribution in [-0.2, 0) is 0 Å². The maximum atomic E-state index is 3.76. The molecule has 1 aromatic carbocycles. The van der Waals surface area contributed by atoms with E-state index in [2.05, 4.69) is 49.6 Å². The van der Waals surface area contributed by atoms with Crippen molar-refractivity contribution in [3.05, 3.63) is 36.4 Å². The molecule has 0 atom stereocenters. The molecular formula is C13H21NSi. The summed E-state index contributed by atoms with van der Waals surface area (Å²) < 4.78 is 0. The summed E-state index contributed by atoms with van der Waals surface area (Å²) in [5, 5.41) is 1.55. The van der Waals surface area contributed by atoms with Crippen LogP contribution in [0.25, 0.3) is 6.08 Å². The quantitative estimate of drug-likeness (QED) is 0.654. The second kappa shape index (κ2) is 6.59. The largest absolute Gasteiger partial charge is 0.307 e. The molecule has 0 spiro atoms. The van der Waals surface area contributed by atoms with Gasteiger partial charge in [0, 0.05) is 0 Å². The maximum absolute atomic E-state index is 3.76. The molecule has 15 heavy (non-hydrogen) atoms. The molecule has 0 radical (unpaired) electrons. The summed E-state index contributed by atoms with van der Waals surface area (Å²) in [5.41, 5.74) is 1.22. The number of benzene rings is 1. The van der Waals surface area contributed by atoms with Gasteiger partial charge in [0.25, 0.3) is 0 Å². The Bertz CT molecular complexity index is 288. The van der Waals surface area contributed by atoms with Crippen LogP contribution in [0.4, 0.5) is 0 Å². The zero-order chi connectivity index (χ0) is 11.1. The molecule has 0 aliphatic heterocycles. The predicted molar refractivity (Wildman–Crippen MR) is 72.5 cm³/mol. The zero-order valence-electron chi connectivity index (χ0n) is 9.87. The van der Waals surface area contributed by atoms with Crippen molar-refractivity contribution in [1.29, 1.82) is 0 Å². The van der Waals surface area contributed by atoms with Crippen molar-refractivity contribution >= 4 is 20.8 Å². The van der Waals surface area contributed by atoms with Gasteiger partial charge in [-0.3, -0.25) is 0 Å². The minimum Gasteiger partial charge on any atom is -0.307 e. The smallest absolute Gasteiger partial charge is 0.0704 e. The number of hydrogen-bond acceptors (Lipinski definition) is 1. The molecule has 0 saturated carbocycles. The molecule has 2 heteroatoms. The fourth-order valence-corrected chi connectivity index (χ4v) is 3.42. The van der Waals surface area contributed by atoms with Crippen LogP contribution < -0.4 is 5.19 Å². The highest BCUT2D eigenvalue weighted by Crippen LogP contribution is 1.97. The molecule has 1 nitrogen and oxygen atoms in total. The molecule has 0 aliphatic carbocycles. The number of nitrogens with zero attached hydrogens (tertiary/aromatic N) is 1. The summed E-state index contributed by atoms with van der Waals surface area (Å²) in [6.45, 7) is 10.6. The van der Waals surface area contributed by atoms with E-state index in [1.165, 1.54) is 24.8 Å². The van der Waals surface area contributed by atoms with Crippen molar-refractivity contribution in [2.75, 3.05) is 19.3 Å². The number of hydrogen-bond donors (Lipinski definition) is 0. The van der Waals surface area contributed by atoms with E-state index in [4.69, 9.17) is 0 Å². The van der Waals surface area contributed by atoms with Gasteiger partial charge in [-0.1, -0.05) is 56.0 Å². The van der Waals surface area contributed by atoms with E-state index in [9.17, 15) is 0 Å². The van der Waals surface area contributed by atoms with Crippen LogP contribution in [0.2, 0.25) is 0 Å². The summed E-state index contributed by atoms with van der Waals surface area (Å²) in [6.07, 6.45) is 3.19. The lowest BCUT2D eigenvalue weighted by molar-refractivity contribution is 0.353. The average Bonchev–Trinajstić information content (AvgIpc) is 2.31. The second-order valence-corrected chi connectivity index (χ2v) is 5.49. The van der Waals surface area contributed by atoms with Crippen molar-refractivity contribution in [3.63, 3.8) is 0 Å². The summed E-state index contributed by atoms with van der Waals surface area (Å²) in [4.78, 5) is 2.51. The molecule has 0 saturated heterocycles. The Kier molecular flexibility index (Phi) is 5.36. The predicted octanol–water partition coefficient (Wildman–Crippen LogP) is 1.42. The van der Waals surface area contributed by atoms with Crippen molar-refractivity contribution < 1.29 is 0 Å². The fraction of sp³-hybridized carbons (Fsp3) is 0.385. The Balaban J connectivity index is 2.46. The van der Waals surface area contributed by atoms with E-state index >= 15 is 0 Å². The Labute approximate surface area is 95.6 Å². The summed E-state index contributed by atoms with van der Waals surface area (Å²) >= 11 is 0. The van der Waals surface area contributed by atoms with E-state index in [0.717, 1.165) is 0 Å². The highest BCUT2D eigenvalue weighted by molar-refractivity contribution is 6.53. The lowest BCUT2D eigenvalue weighted by Gasteiger charge is -2.17. The molecule has 0 aliphatic rings. The first kappa shape index (κ1) is 12.2. The van der Waals surface area contributed by atoms with Crippen molar-refractivity contribution in [2.24, 2.45) is 0 Å². The van der Waals surface area contributed by atoms with Crippen LogP contribution in [0.5, 0.6) is 0 Å². The first-order valence-electron chi connectivity index (χ1n) is 5.73. The van der Waals surface area contributed by atoms with E-state index < -0.39 is 0 Å². The molecule has 0 amide bonds. The van der Waals surface area contributed by atoms with Gasteiger partial charge in [-0.15, -0.1) is 0 Å². The van der Waals surface area contributed by atoms with Crippen molar-refractivity contribution in [1.82, 2.24) is 4.90 Å². The SMILES string of the molecule is C=Cc1ccc([SiH2]CN(CC)CC)cc1. The van der Waals surface area contributed by atoms with E-state index in [1.54, 1.807) is 5.19 Å². The van der Waals surface area contributed by atoms with Gasteiger partial charge in [-0.05, 0) is 24.8 Å². The Hall–Kier alpha value is -0.863. The molecule has 82 valence electrons. The monoisotopic (exact) mass is 219 g/mol. The molecule has 0 heterocycles. The molecule has 0 fully saturated rings.